The molecule has 0 amide bonds. The highest BCUT2D eigenvalue weighted by molar-refractivity contribution is 6.02. The first-order valence-electron chi connectivity index (χ1n) is 5.22. The summed E-state index contributed by atoms with van der Waals surface area (Å²) in [5, 5.41) is 11.8. The average molecular weight is 253 g/mol. The zero-order valence-corrected chi connectivity index (χ0v) is 10.4. The molecule has 0 saturated heterocycles. The highest BCUT2D eigenvalue weighted by atomic mass is 16.5. The Morgan fingerprint density at radius 1 is 1.28 bits per heavy atom. The maximum absolute atomic E-state index is 11.7. The predicted octanol–water partition coefficient (Wildman–Crippen LogP) is 0.804. The third-order valence-corrected chi connectivity index (χ3v) is 2.37. The molecule has 0 bridgehead atoms. The lowest BCUT2D eigenvalue weighted by molar-refractivity contribution is 0.0692. The molecule has 6 nitrogen and oxygen atoms in total. The van der Waals surface area contributed by atoms with Crippen LogP contribution in [0.4, 0.5) is 0 Å². The van der Waals surface area contributed by atoms with Crippen molar-refractivity contribution in [3.8, 4) is 11.5 Å². The maximum atomic E-state index is 11.7. The van der Waals surface area contributed by atoms with Crippen LogP contribution < -0.4 is 14.8 Å². The number of likely N-dealkylation sites (N-methyl/N-ethyl adjacent to an activating group) is 1. The van der Waals surface area contributed by atoms with Crippen LogP contribution in [-0.4, -0.2) is 44.7 Å². The Hall–Kier alpha value is -2.08. The number of hydrogen-bond acceptors (Lipinski definition) is 5. The van der Waals surface area contributed by atoms with Gasteiger partial charge in [-0.1, -0.05) is 0 Å². The van der Waals surface area contributed by atoms with Crippen molar-refractivity contribution < 1.29 is 24.2 Å². The number of nitrogens with one attached hydrogen (secondary N) is 1. The monoisotopic (exact) mass is 253 g/mol. The number of carboxylic acid groups (broad SMARTS) is 1. The van der Waals surface area contributed by atoms with Crippen LogP contribution in [0.15, 0.2) is 12.1 Å². The second kappa shape index (κ2) is 6.02. The number of benzene rings is 1. The molecule has 0 radical (unpaired) electrons. The van der Waals surface area contributed by atoms with Crippen molar-refractivity contribution in [3.63, 3.8) is 0 Å². The first kappa shape index (κ1) is 14.0. The number of carbonyl (C=O) groups is 2. The molecule has 1 aromatic rings. The normalized spacial score (nSPS) is 9.94. The summed E-state index contributed by atoms with van der Waals surface area (Å²) in [6, 6.07) is 2.74. The van der Waals surface area contributed by atoms with Gasteiger partial charge in [-0.3, -0.25) is 4.79 Å². The zero-order chi connectivity index (χ0) is 13.7. The van der Waals surface area contributed by atoms with Crippen LogP contribution >= 0.6 is 0 Å². The number of carbonyl (C=O) groups excluding carboxylic acids is 1. The molecule has 0 atom stereocenters. The molecule has 0 saturated carbocycles. The van der Waals surface area contributed by atoms with Gasteiger partial charge in [0.2, 0.25) is 0 Å². The zero-order valence-electron chi connectivity index (χ0n) is 10.4. The van der Waals surface area contributed by atoms with Gasteiger partial charge < -0.3 is 19.9 Å². The minimum atomic E-state index is -1.18. The van der Waals surface area contributed by atoms with Gasteiger partial charge in [-0.05, 0) is 19.2 Å². The summed E-state index contributed by atoms with van der Waals surface area (Å²) in [7, 11) is 4.37. The summed E-state index contributed by atoms with van der Waals surface area (Å²) >= 11 is 0. The minimum Gasteiger partial charge on any atom is -0.493 e. The number of hydrogen-bond donors (Lipinski definition) is 2. The summed E-state index contributed by atoms with van der Waals surface area (Å²) in [6.45, 7) is 0.120. The topological polar surface area (TPSA) is 84.9 Å². The Morgan fingerprint density at radius 3 is 2.39 bits per heavy atom. The molecule has 0 aliphatic heterocycles. The lowest BCUT2D eigenvalue weighted by atomic mass is 10.0. The molecule has 1 aromatic carbocycles. The van der Waals surface area contributed by atoms with Crippen molar-refractivity contribution in [2.75, 3.05) is 27.8 Å². The summed E-state index contributed by atoms with van der Waals surface area (Å²) in [5.41, 5.74) is 0.163. The summed E-state index contributed by atoms with van der Waals surface area (Å²) in [4.78, 5) is 22.9. The molecular formula is C12H15NO5. The highest BCUT2D eigenvalue weighted by Gasteiger charge is 2.20. The van der Waals surface area contributed by atoms with Gasteiger partial charge in [-0.25, -0.2) is 4.79 Å². The quantitative estimate of drug-likeness (QED) is 0.729. The van der Waals surface area contributed by atoms with E-state index in [1.807, 2.05) is 0 Å². The smallest absolute Gasteiger partial charge is 0.339 e. The molecule has 0 aliphatic rings. The molecule has 2 N–H and O–H groups in total. The van der Waals surface area contributed by atoms with Gasteiger partial charge in [0.25, 0.3) is 0 Å². The van der Waals surface area contributed by atoms with Gasteiger partial charge in [0, 0.05) is 5.56 Å². The molecule has 0 fully saturated rings. The van der Waals surface area contributed by atoms with Crippen LogP contribution in [0.2, 0.25) is 0 Å². The van der Waals surface area contributed by atoms with Gasteiger partial charge in [0.05, 0.1) is 20.8 Å². The van der Waals surface area contributed by atoms with Gasteiger partial charge in [0.15, 0.2) is 17.3 Å². The summed E-state index contributed by atoms with van der Waals surface area (Å²) in [6.07, 6.45) is 0. The Bertz CT molecular complexity index is 470. The van der Waals surface area contributed by atoms with Crippen LogP contribution in [0.1, 0.15) is 20.7 Å². The van der Waals surface area contributed by atoms with E-state index in [9.17, 15) is 9.59 Å². The van der Waals surface area contributed by atoms with E-state index in [0.29, 0.717) is 0 Å². The highest BCUT2D eigenvalue weighted by Crippen LogP contribution is 2.32. The Kier molecular flexibility index (Phi) is 4.67. The Balaban J connectivity index is 3.36. The maximum Gasteiger partial charge on any atom is 0.339 e. The molecule has 98 valence electrons. The molecule has 1 rings (SSSR count). The fourth-order valence-corrected chi connectivity index (χ4v) is 1.55. The van der Waals surface area contributed by atoms with Crippen LogP contribution in [0.25, 0.3) is 0 Å². The molecule has 0 aromatic heterocycles. The van der Waals surface area contributed by atoms with Gasteiger partial charge in [0.1, 0.15) is 5.56 Å². The summed E-state index contributed by atoms with van der Waals surface area (Å²) in [5.74, 6) is -1.08. The van der Waals surface area contributed by atoms with Crippen LogP contribution in [0.5, 0.6) is 11.5 Å². The largest absolute Gasteiger partial charge is 0.493 e. The minimum absolute atomic E-state index is 0.101. The van der Waals surface area contributed by atoms with Gasteiger partial charge in [-0.2, -0.15) is 0 Å². The van der Waals surface area contributed by atoms with E-state index in [0.717, 1.165) is 0 Å². The van der Waals surface area contributed by atoms with Crippen molar-refractivity contribution in [3.05, 3.63) is 23.3 Å². The Morgan fingerprint density at radius 2 is 1.94 bits per heavy atom. The third-order valence-electron chi connectivity index (χ3n) is 2.37. The summed E-state index contributed by atoms with van der Waals surface area (Å²) < 4.78 is 10.0. The molecule has 0 unspecified atom stereocenters. The second-order valence-corrected chi connectivity index (χ2v) is 3.52. The molecular weight excluding hydrogens is 238 g/mol. The van der Waals surface area contributed by atoms with Gasteiger partial charge >= 0.3 is 5.97 Å². The van der Waals surface area contributed by atoms with E-state index in [1.54, 1.807) is 7.05 Å². The van der Waals surface area contributed by atoms with E-state index in [1.165, 1.54) is 26.4 Å². The fraction of sp³-hybridized carbons (Fsp3) is 0.333. The number of ketones is 1. The number of Topliss-reactive ketones (excluding diaryl/α,β-unsaturated/α-hetero) is 1. The third kappa shape index (κ3) is 2.78. The molecule has 18 heavy (non-hydrogen) atoms. The molecule has 0 aliphatic carbocycles. The van der Waals surface area contributed by atoms with E-state index in [2.05, 4.69) is 5.32 Å². The average Bonchev–Trinajstić information content (AvgIpc) is 2.37. The van der Waals surface area contributed by atoms with Gasteiger partial charge in [-0.15, -0.1) is 0 Å². The lowest BCUT2D eigenvalue weighted by Crippen LogP contribution is -2.19. The van der Waals surface area contributed by atoms with Crippen molar-refractivity contribution in [1.29, 1.82) is 0 Å². The van der Waals surface area contributed by atoms with Crippen LogP contribution in [-0.2, 0) is 0 Å². The first-order chi connectivity index (χ1) is 8.54. The van der Waals surface area contributed by atoms with Crippen molar-refractivity contribution in [1.82, 2.24) is 5.32 Å². The second-order valence-electron chi connectivity index (χ2n) is 3.52. The van der Waals surface area contributed by atoms with Crippen molar-refractivity contribution >= 4 is 11.8 Å². The van der Waals surface area contributed by atoms with E-state index >= 15 is 0 Å². The van der Waals surface area contributed by atoms with E-state index in [-0.39, 0.29) is 35.0 Å². The number of carboxylic acids is 1. The lowest BCUT2D eigenvalue weighted by Gasteiger charge is -2.12. The van der Waals surface area contributed by atoms with E-state index < -0.39 is 5.97 Å². The van der Waals surface area contributed by atoms with E-state index in [4.69, 9.17) is 14.6 Å². The standard InChI is InChI=1S/C12H15NO5/c1-13-6-9(14)7-4-8(12(15)16)11(18-3)10(5-7)17-2/h4-5,13H,6H2,1-3H3,(H,15,16). The number of methoxy groups -OCH3 is 2. The molecule has 0 heterocycles. The number of rotatable bonds is 6. The fourth-order valence-electron chi connectivity index (χ4n) is 1.55. The predicted molar refractivity (Wildman–Crippen MR) is 64.8 cm³/mol. The number of aromatic carboxylic acids is 1. The Labute approximate surface area is 105 Å². The number of ether oxygens (including phenoxy) is 2. The van der Waals surface area contributed by atoms with Crippen molar-refractivity contribution in [2.45, 2.75) is 0 Å². The molecule has 6 heteroatoms. The van der Waals surface area contributed by atoms with Crippen molar-refractivity contribution in [2.24, 2.45) is 0 Å². The van der Waals surface area contributed by atoms with Crippen LogP contribution in [0, 0.1) is 0 Å². The SMILES string of the molecule is CNCC(=O)c1cc(OC)c(OC)c(C(=O)O)c1. The first-order valence-corrected chi connectivity index (χ1v) is 5.22. The van der Waals surface area contributed by atoms with Crippen LogP contribution in [0.3, 0.4) is 0 Å². The molecule has 0 spiro atoms.